The predicted octanol–water partition coefficient (Wildman–Crippen LogP) is 2.14. The van der Waals surface area contributed by atoms with Crippen LogP contribution in [0.2, 0.25) is 0 Å². The zero-order chi connectivity index (χ0) is 11.1. The summed E-state index contributed by atoms with van der Waals surface area (Å²) < 4.78 is 0. The number of aliphatic carboxylic acids is 1. The maximum Gasteiger partial charge on any atom is 0.329 e. The zero-order valence-electron chi connectivity index (χ0n) is 8.82. The Morgan fingerprint density at radius 1 is 1.40 bits per heavy atom. The van der Waals surface area contributed by atoms with Crippen molar-refractivity contribution in [2.45, 2.75) is 51.0 Å². The molecule has 0 spiro atoms. The molecule has 0 saturated heterocycles. The van der Waals surface area contributed by atoms with E-state index in [4.69, 9.17) is 5.11 Å². The Bertz CT molecular complexity index is 251. The van der Waals surface area contributed by atoms with Gasteiger partial charge in [-0.2, -0.15) is 4.99 Å². The highest BCUT2D eigenvalue weighted by Gasteiger charge is 2.20. The van der Waals surface area contributed by atoms with E-state index in [0.29, 0.717) is 12.3 Å². The summed E-state index contributed by atoms with van der Waals surface area (Å²) in [5, 5.41) is 8.76. The van der Waals surface area contributed by atoms with Crippen LogP contribution in [0.1, 0.15) is 44.9 Å². The van der Waals surface area contributed by atoms with E-state index in [9.17, 15) is 9.59 Å². The summed E-state index contributed by atoms with van der Waals surface area (Å²) in [5.74, 6) is -0.392. The number of rotatable bonds is 5. The Morgan fingerprint density at radius 3 is 2.60 bits per heavy atom. The van der Waals surface area contributed by atoms with Crippen LogP contribution in [-0.2, 0) is 9.59 Å². The molecule has 0 aromatic rings. The molecule has 0 bridgehead atoms. The van der Waals surface area contributed by atoms with Gasteiger partial charge in [0.15, 0.2) is 6.04 Å². The largest absolute Gasteiger partial charge is 0.480 e. The van der Waals surface area contributed by atoms with Crippen molar-refractivity contribution in [1.82, 2.24) is 0 Å². The third-order valence-electron chi connectivity index (χ3n) is 3.07. The van der Waals surface area contributed by atoms with Crippen LogP contribution >= 0.6 is 0 Å². The lowest BCUT2D eigenvalue weighted by atomic mass is 9.85. The SMILES string of the molecule is O=C=NC(CCC1CCCCC1)C(=O)O. The van der Waals surface area contributed by atoms with Gasteiger partial charge in [-0.3, -0.25) is 0 Å². The number of carbonyl (C=O) groups excluding carboxylic acids is 1. The minimum absolute atomic E-state index is 0.468. The number of isocyanates is 1. The van der Waals surface area contributed by atoms with Crippen molar-refractivity contribution >= 4 is 12.0 Å². The van der Waals surface area contributed by atoms with Crippen molar-refractivity contribution in [2.24, 2.45) is 10.9 Å². The number of carbonyl (C=O) groups is 1. The van der Waals surface area contributed by atoms with E-state index in [1.165, 1.54) is 38.2 Å². The minimum atomic E-state index is -1.02. The molecule has 1 unspecified atom stereocenters. The molecule has 0 amide bonds. The van der Waals surface area contributed by atoms with Gasteiger partial charge in [0.2, 0.25) is 6.08 Å². The first kappa shape index (κ1) is 11.9. The second-order valence-electron chi connectivity index (χ2n) is 4.16. The van der Waals surface area contributed by atoms with E-state index in [0.717, 1.165) is 6.42 Å². The lowest BCUT2D eigenvalue weighted by molar-refractivity contribution is -0.138. The van der Waals surface area contributed by atoms with Crippen LogP contribution in [0.4, 0.5) is 0 Å². The minimum Gasteiger partial charge on any atom is -0.480 e. The van der Waals surface area contributed by atoms with Crippen LogP contribution in [-0.4, -0.2) is 23.2 Å². The highest BCUT2D eigenvalue weighted by Crippen LogP contribution is 2.27. The van der Waals surface area contributed by atoms with Crippen molar-refractivity contribution in [3.8, 4) is 0 Å². The maximum absolute atomic E-state index is 10.7. The van der Waals surface area contributed by atoms with E-state index in [1.807, 2.05) is 0 Å². The third kappa shape index (κ3) is 4.26. The molecule has 84 valence electrons. The smallest absolute Gasteiger partial charge is 0.329 e. The molecular weight excluding hydrogens is 194 g/mol. The van der Waals surface area contributed by atoms with E-state index >= 15 is 0 Å². The molecular formula is C11H17NO3. The number of aliphatic imine (C=N–C) groups is 1. The van der Waals surface area contributed by atoms with Gasteiger partial charge in [-0.05, 0) is 18.8 Å². The maximum atomic E-state index is 10.7. The van der Waals surface area contributed by atoms with E-state index < -0.39 is 12.0 Å². The summed E-state index contributed by atoms with van der Waals surface area (Å²) in [4.78, 5) is 24.0. The van der Waals surface area contributed by atoms with Gasteiger partial charge < -0.3 is 5.11 Å². The quantitative estimate of drug-likeness (QED) is 0.559. The number of carboxylic acid groups (broad SMARTS) is 1. The molecule has 0 heterocycles. The van der Waals surface area contributed by atoms with Crippen molar-refractivity contribution in [2.75, 3.05) is 0 Å². The van der Waals surface area contributed by atoms with Gasteiger partial charge in [0, 0.05) is 0 Å². The summed E-state index contributed by atoms with van der Waals surface area (Å²) in [6.07, 6.45) is 8.84. The number of nitrogens with zero attached hydrogens (tertiary/aromatic N) is 1. The lowest BCUT2D eigenvalue weighted by Crippen LogP contribution is -2.19. The second-order valence-corrected chi connectivity index (χ2v) is 4.16. The van der Waals surface area contributed by atoms with Crippen LogP contribution in [0.15, 0.2) is 4.99 Å². The first-order valence-electron chi connectivity index (χ1n) is 5.54. The normalized spacial score (nSPS) is 19.2. The highest BCUT2D eigenvalue weighted by atomic mass is 16.4. The van der Waals surface area contributed by atoms with Crippen molar-refractivity contribution in [1.29, 1.82) is 0 Å². The monoisotopic (exact) mass is 211 g/mol. The molecule has 1 saturated carbocycles. The summed E-state index contributed by atoms with van der Waals surface area (Å²) in [7, 11) is 0. The zero-order valence-corrected chi connectivity index (χ0v) is 8.82. The van der Waals surface area contributed by atoms with Gasteiger partial charge in [0.1, 0.15) is 0 Å². The van der Waals surface area contributed by atoms with E-state index in [-0.39, 0.29) is 0 Å². The van der Waals surface area contributed by atoms with Crippen LogP contribution in [0.25, 0.3) is 0 Å². The summed E-state index contributed by atoms with van der Waals surface area (Å²) >= 11 is 0. The fourth-order valence-corrected chi connectivity index (χ4v) is 2.18. The van der Waals surface area contributed by atoms with Crippen LogP contribution in [0.3, 0.4) is 0 Å². The fourth-order valence-electron chi connectivity index (χ4n) is 2.18. The Labute approximate surface area is 89.4 Å². The van der Waals surface area contributed by atoms with Crippen molar-refractivity contribution < 1.29 is 14.7 Å². The summed E-state index contributed by atoms with van der Waals surface area (Å²) in [6, 6.07) is -0.885. The van der Waals surface area contributed by atoms with Crippen molar-refractivity contribution in [3.63, 3.8) is 0 Å². The topological polar surface area (TPSA) is 66.7 Å². The van der Waals surface area contributed by atoms with Crippen molar-refractivity contribution in [3.05, 3.63) is 0 Å². The molecule has 15 heavy (non-hydrogen) atoms. The third-order valence-corrected chi connectivity index (χ3v) is 3.07. The molecule has 0 radical (unpaired) electrons. The molecule has 4 nitrogen and oxygen atoms in total. The Kier molecular flexibility index (Phi) is 5.05. The molecule has 1 N–H and O–H groups in total. The van der Waals surface area contributed by atoms with Crippen LogP contribution in [0, 0.1) is 5.92 Å². The van der Waals surface area contributed by atoms with Gasteiger partial charge >= 0.3 is 5.97 Å². The van der Waals surface area contributed by atoms with Crippen LogP contribution < -0.4 is 0 Å². The molecule has 1 aliphatic carbocycles. The first-order valence-corrected chi connectivity index (χ1v) is 5.54. The van der Waals surface area contributed by atoms with Gasteiger partial charge in [-0.25, -0.2) is 9.59 Å². The van der Waals surface area contributed by atoms with Gasteiger partial charge in [0.05, 0.1) is 0 Å². The standard InChI is InChI=1S/C11H17NO3/c13-8-12-10(11(14)15)7-6-9-4-2-1-3-5-9/h9-10H,1-7H2,(H,14,15). The van der Waals surface area contributed by atoms with Gasteiger partial charge in [-0.15, -0.1) is 0 Å². The summed E-state index contributed by atoms with van der Waals surface area (Å²) in [5.41, 5.74) is 0. The Hall–Kier alpha value is -1.15. The molecule has 1 rings (SSSR count). The summed E-state index contributed by atoms with van der Waals surface area (Å²) in [6.45, 7) is 0. The number of carboxylic acids is 1. The molecule has 1 aliphatic rings. The molecule has 4 heteroatoms. The van der Waals surface area contributed by atoms with Gasteiger partial charge in [0.25, 0.3) is 0 Å². The number of hydrogen-bond acceptors (Lipinski definition) is 3. The molecule has 0 aromatic heterocycles. The Balaban J connectivity index is 2.32. The van der Waals surface area contributed by atoms with E-state index in [1.54, 1.807) is 0 Å². The average Bonchev–Trinajstić information content (AvgIpc) is 2.25. The lowest BCUT2D eigenvalue weighted by Gasteiger charge is -2.21. The number of hydrogen-bond donors (Lipinski definition) is 1. The average molecular weight is 211 g/mol. The second kappa shape index (κ2) is 6.36. The van der Waals surface area contributed by atoms with Gasteiger partial charge in [-0.1, -0.05) is 32.1 Å². The molecule has 1 fully saturated rings. The van der Waals surface area contributed by atoms with Crippen LogP contribution in [0.5, 0.6) is 0 Å². The first-order chi connectivity index (χ1) is 7.24. The fraction of sp³-hybridized carbons (Fsp3) is 0.818. The molecule has 1 atom stereocenters. The van der Waals surface area contributed by atoms with E-state index in [2.05, 4.69) is 4.99 Å². The predicted molar refractivity (Wildman–Crippen MR) is 55.4 cm³/mol. The molecule has 0 aliphatic heterocycles. The molecule has 0 aromatic carbocycles. The Morgan fingerprint density at radius 2 is 2.07 bits per heavy atom. The highest BCUT2D eigenvalue weighted by molar-refractivity contribution is 5.74.